The standard InChI is InChI=1S/C24H26N4O4/c1-32-23-14-21(25)22(28(30)31)13-20(23)24(29)26-19-8-10-27(11-9-19)15-16-6-7-17-4-2-3-5-18(17)12-16/h2-7,12-14,19H,8-11,15,25H2,1H3,(H,26,29). The monoisotopic (exact) mass is 434 g/mol. The number of carbonyl (C=O) groups excluding carboxylic acids is 1. The number of hydrogen-bond donors (Lipinski definition) is 2. The first kappa shape index (κ1) is 21.6. The Morgan fingerprint density at radius 2 is 1.88 bits per heavy atom. The largest absolute Gasteiger partial charge is 0.496 e. The Morgan fingerprint density at radius 3 is 2.56 bits per heavy atom. The molecule has 1 heterocycles. The van der Waals surface area contributed by atoms with Crippen molar-refractivity contribution in [1.82, 2.24) is 10.2 Å². The average molecular weight is 434 g/mol. The lowest BCUT2D eigenvalue weighted by Crippen LogP contribution is -2.44. The zero-order chi connectivity index (χ0) is 22.7. The van der Waals surface area contributed by atoms with Gasteiger partial charge in [-0.3, -0.25) is 19.8 Å². The van der Waals surface area contributed by atoms with Crippen LogP contribution in [0.1, 0.15) is 28.8 Å². The number of anilines is 1. The van der Waals surface area contributed by atoms with Crippen molar-refractivity contribution in [3.8, 4) is 5.75 Å². The number of likely N-dealkylation sites (tertiary alicyclic amines) is 1. The average Bonchev–Trinajstić information content (AvgIpc) is 2.79. The maximum Gasteiger partial charge on any atom is 0.293 e. The first-order valence-electron chi connectivity index (χ1n) is 10.6. The van der Waals surface area contributed by atoms with Gasteiger partial charge in [0.1, 0.15) is 11.4 Å². The van der Waals surface area contributed by atoms with Crippen molar-refractivity contribution in [3.05, 3.63) is 75.8 Å². The highest BCUT2D eigenvalue weighted by molar-refractivity contribution is 5.98. The number of nitrogens with zero attached hydrogens (tertiary/aromatic N) is 2. The number of nitro groups is 1. The minimum Gasteiger partial charge on any atom is -0.496 e. The first-order valence-corrected chi connectivity index (χ1v) is 10.6. The van der Waals surface area contributed by atoms with Gasteiger partial charge in [0, 0.05) is 37.8 Å². The van der Waals surface area contributed by atoms with Gasteiger partial charge in [-0.15, -0.1) is 0 Å². The van der Waals surface area contributed by atoms with Crippen molar-refractivity contribution in [2.75, 3.05) is 25.9 Å². The smallest absolute Gasteiger partial charge is 0.293 e. The van der Waals surface area contributed by atoms with E-state index < -0.39 is 10.8 Å². The Bertz CT molecular complexity index is 1160. The molecule has 0 atom stereocenters. The molecule has 3 aromatic rings. The molecule has 166 valence electrons. The van der Waals surface area contributed by atoms with E-state index in [2.05, 4.69) is 40.5 Å². The van der Waals surface area contributed by atoms with Gasteiger partial charge in [-0.1, -0.05) is 36.4 Å². The Kier molecular flexibility index (Phi) is 6.23. The van der Waals surface area contributed by atoms with Crippen LogP contribution >= 0.6 is 0 Å². The number of fused-ring (bicyclic) bond motifs is 1. The summed E-state index contributed by atoms with van der Waals surface area (Å²) in [7, 11) is 1.41. The zero-order valence-corrected chi connectivity index (χ0v) is 17.9. The van der Waals surface area contributed by atoms with Gasteiger partial charge in [0.25, 0.3) is 11.6 Å². The lowest BCUT2D eigenvalue weighted by atomic mass is 10.0. The third kappa shape index (κ3) is 4.65. The Hall–Kier alpha value is -3.65. The topological polar surface area (TPSA) is 111 Å². The minimum atomic E-state index is -0.600. The summed E-state index contributed by atoms with van der Waals surface area (Å²) in [5.41, 5.74) is 6.75. The highest BCUT2D eigenvalue weighted by atomic mass is 16.6. The number of hydrogen-bond acceptors (Lipinski definition) is 6. The van der Waals surface area contributed by atoms with Gasteiger partial charge in [-0.25, -0.2) is 0 Å². The van der Waals surface area contributed by atoms with Gasteiger partial charge in [-0.2, -0.15) is 0 Å². The third-order valence-electron chi connectivity index (χ3n) is 5.93. The van der Waals surface area contributed by atoms with Crippen LogP contribution in [0.25, 0.3) is 10.8 Å². The van der Waals surface area contributed by atoms with E-state index in [4.69, 9.17) is 10.5 Å². The quantitative estimate of drug-likeness (QED) is 0.347. The number of nitrogens with one attached hydrogen (secondary N) is 1. The van der Waals surface area contributed by atoms with E-state index in [0.29, 0.717) is 0 Å². The molecule has 1 aliphatic rings. The summed E-state index contributed by atoms with van der Waals surface area (Å²) in [6, 6.07) is 17.4. The van der Waals surface area contributed by atoms with Gasteiger partial charge >= 0.3 is 0 Å². The SMILES string of the molecule is COc1cc(N)c([N+](=O)[O-])cc1C(=O)NC1CCN(Cc2ccc3ccccc3c2)CC1. The van der Waals surface area contributed by atoms with Gasteiger partial charge < -0.3 is 15.8 Å². The molecule has 0 spiro atoms. The van der Waals surface area contributed by atoms with Crippen molar-refractivity contribution < 1.29 is 14.5 Å². The number of ether oxygens (including phenoxy) is 1. The van der Waals surface area contributed by atoms with Gasteiger partial charge in [0.15, 0.2) is 0 Å². The second-order valence-electron chi connectivity index (χ2n) is 8.07. The molecule has 4 rings (SSSR count). The van der Waals surface area contributed by atoms with Crippen molar-refractivity contribution in [2.45, 2.75) is 25.4 Å². The number of benzene rings is 3. The number of amides is 1. The molecular weight excluding hydrogens is 408 g/mol. The lowest BCUT2D eigenvalue weighted by molar-refractivity contribution is -0.383. The second kappa shape index (κ2) is 9.23. The van der Waals surface area contributed by atoms with Crippen LogP contribution in [-0.4, -0.2) is 42.0 Å². The van der Waals surface area contributed by atoms with Crippen LogP contribution in [0.15, 0.2) is 54.6 Å². The molecule has 0 unspecified atom stereocenters. The third-order valence-corrected chi connectivity index (χ3v) is 5.93. The molecular formula is C24H26N4O4. The predicted molar refractivity (Wildman–Crippen MR) is 124 cm³/mol. The molecule has 1 fully saturated rings. The number of nitrogen functional groups attached to an aromatic ring is 1. The number of nitro benzene ring substituents is 1. The maximum absolute atomic E-state index is 12.8. The molecule has 8 nitrogen and oxygen atoms in total. The number of carbonyl (C=O) groups is 1. The molecule has 32 heavy (non-hydrogen) atoms. The summed E-state index contributed by atoms with van der Waals surface area (Å²) in [5.74, 6) is -0.169. The van der Waals surface area contributed by atoms with E-state index in [1.54, 1.807) is 0 Å². The van der Waals surface area contributed by atoms with Crippen LogP contribution in [-0.2, 0) is 6.54 Å². The number of rotatable bonds is 6. The molecule has 3 N–H and O–H groups in total. The van der Waals surface area contributed by atoms with Crippen LogP contribution in [0.2, 0.25) is 0 Å². The number of methoxy groups -OCH3 is 1. The molecule has 1 saturated heterocycles. The van der Waals surface area contributed by atoms with Crippen LogP contribution in [0, 0.1) is 10.1 Å². The second-order valence-corrected chi connectivity index (χ2v) is 8.07. The summed E-state index contributed by atoms with van der Waals surface area (Å²) in [5, 5.41) is 16.7. The predicted octanol–water partition coefficient (Wildman–Crippen LogP) is 3.73. The fraction of sp³-hybridized carbons (Fsp3) is 0.292. The fourth-order valence-electron chi connectivity index (χ4n) is 4.18. The van der Waals surface area contributed by atoms with Crippen LogP contribution in [0.5, 0.6) is 5.75 Å². The lowest BCUT2D eigenvalue weighted by Gasteiger charge is -2.32. The molecule has 0 saturated carbocycles. The summed E-state index contributed by atoms with van der Waals surface area (Å²) < 4.78 is 5.21. The number of nitrogens with two attached hydrogens (primary N) is 1. The van der Waals surface area contributed by atoms with E-state index >= 15 is 0 Å². The minimum absolute atomic E-state index is 0.00308. The number of piperidine rings is 1. The molecule has 0 bridgehead atoms. The highest BCUT2D eigenvalue weighted by Crippen LogP contribution is 2.31. The Balaban J connectivity index is 1.37. The molecule has 3 aromatic carbocycles. The highest BCUT2D eigenvalue weighted by Gasteiger charge is 2.25. The maximum atomic E-state index is 12.8. The van der Waals surface area contributed by atoms with Crippen molar-refractivity contribution in [3.63, 3.8) is 0 Å². The van der Waals surface area contributed by atoms with E-state index in [0.717, 1.165) is 32.5 Å². The van der Waals surface area contributed by atoms with E-state index in [-0.39, 0.29) is 28.7 Å². The van der Waals surface area contributed by atoms with Gasteiger partial charge in [-0.05, 0) is 35.2 Å². The molecule has 0 aromatic heterocycles. The molecule has 0 radical (unpaired) electrons. The van der Waals surface area contributed by atoms with Crippen molar-refractivity contribution in [2.24, 2.45) is 0 Å². The summed E-state index contributed by atoms with van der Waals surface area (Å²) in [4.78, 5) is 25.8. The zero-order valence-electron chi connectivity index (χ0n) is 17.9. The molecule has 8 heteroatoms. The van der Waals surface area contributed by atoms with Crippen molar-refractivity contribution >= 4 is 28.1 Å². The van der Waals surface area contributed by atoms with Crippen LogP contribution < -0.4 is 15.8 Å². The molecule has 0 aliphatic carbocycles. The van der Waals surface area contributed by atoms with Crippen LogP contribution in [0.4, 0.5) is 11.4 Å². The summed E-state index contributed by atoms with van der Waals surface area (Å²) in [6.07, 6.45) is 1.61. The van der Waals surface area contributed by atoms with E-state index in [9.17, 15) is 14.9 Å². The first-order chi connectivity index (χ1) is 15.4. The van der Waals surface area contributed by atoms with Gasteiger partial charge in [0.05, 0.1) is 17.6 Å². The van der Waals surface area contributed by atoms with Crippen LogP contribution in [0.3, 0.4) is 0 Å². The van der Waals surface area contributed by atoms with E-state index in [1.807, 2.05) is 12.1 Å². The van der Waals surface area contributed by atoms with E-state index in [1.165, 1.54) is 35.6 Å². The molecule has 1 aliphatic heterocycles. The Labute approximate surface area is 186 Å². The van der Waals surface area contributed by atoms with Gasteiger partial charge in [0.2, 0.25) is 0 Å². The Morgan fingerprint density at radius 1 is 1.16 bits per heavy atom. The van der Waals surface area contributed by atoms with Crippen molar-refractivity contribution in [1.29, 1.82) is 0 Å². The molecule has 1 amide bonds. The summed E-state index contributed by atoms with van der Waals surface area (Å²) in [6.45, 7) is 2.58. The normalized spacial score (nSPS) is 14.9. The fourth-order valence-corrected chi connectivity index (χ4v) is 4.18. The summed E-state index contributed by atoms with van der Waals surface area (Å²) >= 11 is 0.